The molecule has 3 nitrogen and oxygen atoms in total. The molecule has 13 heavy (non-hydrogen) atoms. The van der Waals surface area contributed by atoms with Crippen molar-refractivity contribution in [3.05, 3.63) is 27.5 Å². The third-order valence-electron chi connectivity index (χ3n) is 1.48. The molecule has 0 saturated heterocycles. The van der Waals surface area contributed by atoms with Crippen molar-refractivity contribution >= 4 is 29.2 Å². The molecule has 1 aromatic rings. The van der Waals surface area contributed by atoms with Crippen molar-refractivity contribution in [2.24, 2.45) is 0 Å². The van der Waals surface area contributed by atoms with Gasteiger partial charge in [-0.05, 0) is 13.0 Å². The van der Waals surface area contributed by atoms with Crippen LogP contribution >= 0.6 is 23.2 Å². The first-order chi connectivity index (χ1) is 6.00. The minimum Gasteiger partial charge on any atom is -0.481 e. The van der Waals surface area contributed by atoms with Crippen LogP contribution in [-0.2, 0) is 11.2 Å². The zero-order valence-corrected chi connectivity index (χ0v) is 8.35. The molecule has 0 aliphatic carbocycles. The average molecular weight is 220 g/mol. The van der Waals surface area contributed by atoms with Gasteiger partial charge < -0.3 is 5.11 Å². The molecule has 5 heteroatoms. The van der Waals surface area contributed by atoms with Gasteiger partial charge in [0.05, 0.1) is 6.42 Å². The first kappa shape index (κ1) is 10.3. The normalized spacial score (nSPS) is 10.1. The van der Waals surface area contributed by atoms with E-state index in [0.717, 1.165) is 0 Å². The number of aromatic nitrogens is 1. The molecular weight excluding hydrogens is 213 g/mol. The smallest absolute Gasteiger partial charge is 0.307 e. The summed E-state index contributed by atoms with van der Waals surface area (Å²) in [6.07, 6.45) is -0.203. The van der Waals surface area contributed by atoms with Crippen molar-refractivity contribution < 1.29 is 9.90 Å². The minimum absolute atomic E-state index is 0.160. The van der Waals surface area contributed by atoms with E-state index >= 15 is 0 Å². The number of rotatable bonds is 2. The van der Waals surface area contributed by atoms with Crippen molar-refractivity contribution in [2.45, 2.75) is 13.3 Å². The van der Waals surface area contributed by atoms with E-state index in [2.05, 4.69) is 4.98 Å². The summed E-state index contributed by atoms with van der Waals surface area (Å²) in [5.41, 5.74) is 1.03. The summed E-state index contributed by atoms with van der Waals surface area (Å²) in [5.74, 6) is -0.977. The molecule has 0 amide bonds. The number of pyridine rings is 1. The molecular formula is C8H7Cl2NO2. The Hall–Kier alpha value is -0.800. The van der Waals surface area contributed by atoms with E-state index in [0.29, 0.717) is 16.3 Å². The van der Waals surface area contributed by atoms with Crippen molar-refractivity contribution in [2.75, 3.05) is 0 Å². The maximum atomic E-state index is 10.4. The second-order valence-corrected chi connectivity index (χ2v) is 3.35. The summed E-state index contributed by atoms with van der Waals surface area (Å²) < 4.78 is 0. The van der Waals surface area contributed by atoms with E-state index in [4.69, 9.17) is 28.3 Å². The highest BCUT2D eigenvalue weighted by molar-refractivity contribution is 6.35. The van der Waals surface area contributed by atoms with Gasteiger partial charge in [-0.15, -0.1) is 0 Å². The molecule has 0 aliphatic heterocycles. The van der Waals surface area contributed by atoms with Gasteiger partial charge in [-0.25, -0.2) is 4.98 Å². The number of carboxylic acids is 1. The third kappa shape index (κ3) is 2.57. The lowest BCUT2D eigenvalue weighted by Gasteiger charge is -2.04. The summed E-state index contributed by atoms with van der Waals surface area (Å²) in [7, 11) is 0. The monoisotopic (exact) mass is 219 g/mol. The van der Waals surface area contributed by atoms with E-state index in [1.165, 1.54) is 0 Å². The van der Waals surface area contributed by atoms with Crippen LogP contribution in [0.1, 0.15) is 11.3 Å². The Kier molecular flexibility index (Phi) is 3.12. The molecule has 0 saturated carbocycles. The second-order valence-electron chi connectivity index (χ2n) is 2.59. The van der Waals surface area contributed by atoms with Crippen LogP contribution in [-0.4, -0.2) is 16.1 Å². The van der Waals surface area contributed by atoms with Gasteiger partial charge in [-0.1, -0.05) is 23.2 Å². The maximum Gasteiger partial charge on any atom is 0.307 e. The summed E-state index contributed by atoms with van der Waals surface area (Å²) in [5, 5.41) is 9.05. The van der Waals surface area contributed by atoms with Gasteiger partial charge in [0, 0.05) is 16.3 Å². The van der Waals surface area contributed by atoms with Crippen LogP contribution in [0.15, 0.2) is 6.07 Å². The van der Waals surface area contributed by atoms with Crippen LogP contribution in [0, 0.1) is 6.92 Å². The molecule has 0 fully saturated rings. The van der Waals surface area contributed by atoms with Gasteiger partial charge in [0.1, 0.15) is 5.15 Å². The van der Waals surface area contributed by atoms with Crippen LogP contribution in [0.25, 0.3) is 0 Å². The lowest BCUT2D eigenvalue weighted by atomic mass is 10.2. The fraction of sp³-hybridized carbons (Fsp3) is 0.250. The number of carboxylic acid groups (broad SMARTS) is 1. The van der Waals surface area contributed by atoms with Crippen molar-refractivity contribution in [1.29, 1.82) is 0 Å². The lowest BCUT2D eigenvalue weighted by Crippen LogP contribution is -2.03. The number of aryl methyl sites for hydroxylation is 1. The first-order valence-corrected chi connectivity index (χ1v) is 4.29. The minimum atomic E-state index is -0.977. The number of hydrogen-bond acceptors (Lipinski definition) is 2. The van der Waals surface area contributed by atoms with Gasteiger partial charge in [0.15, 0.2) is 0 Å². The van der Waals surface area contributed by atoms with Crippen molar-refractivity contribution in [3.63, 3.8) is 0 Å². The second kappa shape index (κ2) is 3.94. The highest BCUT2D eigenvalue weighted by Crippen LogP contribution is 2.23. The number of hydrogen-bond donors (Lipinski definition) is 1. The van der Waals surface area contributed by atoms with Gasteiger partial charge >= 0.3 is 5.97 Å². The zero-order valence-electron chi connectivity index (χ0n) is 6.84. The van der Waals surface area contributed by atoms with Crippen molar-refractivity contribution in [1.82, 2.24) is 4.98 Å². The van der Waals surface area contributed by atoms with E-state index in [1.54, 1.807) is 13.0 Å². The Balaban J connectivity index is 3.13. The highest BCUT2D eigenvalue weighted by atomic mass is 35.5. The average Bonchev–Trinajstić information content (AvgIpc) is 1.96. The Morgan fingerprint density at radius 2 is 2.23 bits per heavy atom. The topological polar surface area (TPSA) is 50.2 Å². The molecule has 1 heterocycles. The molecule has 0 spiro atoms. The van der Waals surface area contributed by atoms with E-state index < -0.39 is 5.97 Å². The third-order valence-corrected chi connectivity index (χ3v) is 2.13. The molecule has 0 unspecified atom stereocenters. The number of nitrogens with zero attached hydrogens (tertiary/aromatic N) is 1. The van der Waals surface area contributed by atoms with E-state index in [9.17, 15) is 4.79 Å². The number of aliphatic carboxylic acids is 1. The largest absolute Gasteiger partial charge is 0.481 e. The van der Waals surface area contributed by atoms with Crippen LogP contribution in [0.2, 0.25) is 10.2 Å². The zero-order chi connectivity index (χ0) is 10.0. The number of carbonyl (C=O) groups is 1. The van der Waals surface area contributed by atoms with Crippen LogP contribution in [0.5, 0.6) is 0 Å². The Labute approximate surface area is 85.3 Å². The molecule has 0 bridgehead atoms. The van der Waals surface area contributed by atoms with Gasteiger partial charge in [0.2, 0.25) is 0 Å². The maximum absolute atomic E-state index is 10.4. The predicted molar refractivity (Wildman–Crippen MR) is 50.3 cm³/mol. The molecule has 0 radical (unpaired) electrons. The number of halogens is 2. The summed E-state index contributed by atoms with van der Waals surface area (Å²) >= 11 is 11.5. The van der Waals surface area contributed by atoms with Crippen LogP contribution in [0.3, 0.4) is 0 Å². The van der Waals surface area contributed by atoms with E-state index in [1.807, 2.05) is 0 Å². The molecule has 1 aromatic heterocycles. The molecule has 0 aliphatic rings. The lowest BCUT2D eigenvalue weighted by molar-refractivity contribution is -0.136. The van der Waals surface area contributed by atoms with E-state index in [-0.39, 0.29) is 11.6 Å². The van der Waals surface area contributed by atoms with Gasteiger partial charge in [-0.2, -0.15) is 0 Å². The predicted octanol–water partition coefficient (Wildman–Crippen LogP) is 2.32. The van der Waals surface area contributed by atoms with Gasteiger partial charge in [0.25, 0.3) is 0 Å². The Bertz CT molecular complexity index is 329. The molecule has 70 valence electrons. The fourth-order valence-electron chi connectivity index (χ4n) is 0.932. The van der Waals surface area contributed by atoms with Crippen LogP contribution < -0.4 is 0 Å². The summed E-state index contributed by atoms with van der Waals surface area (Å²) in [6, 6.07) is 1.59. The highest BCUT2D eigenvalue weighted by Gasteiger charge is 2.11. The molecule has 0 atom stereocenters. The summed E-state index contributed by atoms with van der Waals surface area (Å²) in [6.45, 7) is 1.74. The Morgan fingerprint density at radius 3 is 2.69 bits per heavy atom. The first-order valence-electron chi connectivity index (χ1n) is 3.54. The molecule has 1 rings (SSSR count). The quantitative estimate of drug-likeness (QED) is 0.778. The molecule has 1 N–H and O–H groups in total. The molecule has 0 aromatic carbocycles. The van der Waals surface area contributed by atoms with Crippen molar-refractivity contribution in [3.8, 4) is 0 Å². The fourth-order valence-corrected chi connectivity index (χ4v) is 1.60. The van der Waals surface area contributed by atoms with Gasteiger partial charge in [-0.3, -0.25) is 4.79 Å². The Morgan fingerprint density at radius 1 is 1.62 bits per heavy atom. The van der Waals surface area contributed by atoms with Crippen LogP contribution in [0.4, 0.5) is 0 Å². The standard InChI is InChI=1S/C8H7Cl2NO2/c1-4-2-6(9)5(3-7(12)13)8(10)11-4/h2H,3H2,1H3,(H,12,13). The SMILES string of the molecule is Cc1cc(Cl)c(CC(=O)O)c(Cl)n1. The summed E-state index contributed by atoms with van der Waals surface area (Å²) in [4.78, 5) is 14.3.